The lowest BCUT2D eigenvalue weighted by Crippen LogP contribution is -2.42. The van der Waals surface area contributed by atoms with Crippen LogP contribution in [0.25, 0.3) is 0 Å². The molecule has 21 heavy (non-hydrogen) atoms. The summed E-state index contributed by atoms with van der Waals surface area (Å²) in [5.41, 5.74) is 0. The molecule has 4 rings (SSSR count). The van der Waals surface area contributed by atoms with Crippen molar-refractivity contribution in [2.75, 3.05) is 26.7 Å². The molecule has 3 aliphatic heterocycles. The number of guanidine groups is 1. The van der Waals surface area contributed by atoms with Crippen LogP contribution in [-0.4, -0.2) is 49.7 Å². The molecule has 1 aromatic rings. The number of ether oxygens (including phenoxy) is 1. The van der Waals surface area contributed by atoms with Gasteiger partial charge in [0.05, 0.1) is 12.2 Å². The maximum absolute atomic E-state index is 6.05. The average Bonchev–Trinajstić information content (AvgIpc) is 3.25. The number of likely N-dealkylation sites (tertiary alicyclic amines) is 1. The minimum absolute atomic E-state index is 0.522. The van der Waals surface area contributed by atoms with Crippen LogP contribution in [0.5, 0.6) is 0 Å². The third-order valence-electron chi connectivity index (χ3n) is 5.20. The zero-order valence-corrected chi connectivity index (χ0v) is 13.3. The Morgan fingerprint density at radius 2 is 2.14 bits per heavy atom. The van der Waals surface area contributed by atoms with Gasteiger partial charge < -0.3 is 15.0 Å². The van der Waals surface area contributed by atoms with Crippen LogP contribution < -0.4 is 5.32 Å². The molecule has 3 fully saturated rings. The summed E-state index contributed by atoms with van der Waals surface area (Å²) in [5.74, 6) is 2.54. The van der Waals surface area contributed by atoms with Crippen LogP contribution in [0.4, 0.5) is 0 Å². The molecule has 0 radical (unpaired) electrons. The van der Waals surface area contributed by atoms with Gasteiger partial charge in [0.25, 0.3) is 0 Å². The van der Waals surface area contributed by atoms with Gasteiger partial charge in [-0.3, -0.25) is 4.99 Å². The molecular formula is C16H23N3OS. The second kappa shape index (κ2) is 5.61. The van der Waals surface area contributed by atoms with Crippen molar-refractivity contribution in [3.63, 3.8) is 0 Å². The van der Waals surface area contributed by atoms with E-state index in [1.165, 1.54) is 17.7 Å². The van der Waals surface area contributed by atoms with Crippen molar-refractivity contribution in [1.82, 2.24) is 10.2 Å². The van der Waals surface area contributed by atoms with Crippen molar-refractivity contribution in [2.45, 2.75) is 31.5 Å². The third-order valence-corrected chi connectivity index (χ3v) is 6.13. The van der Waals surface area contributed by atoms with E-state index in [9.17, 15) is 0 Å². The summed E-state index contributed by atoms with van der Waals surface area (Å²) in [4.78, 5) is 8.36. The molecule has 1 N–H and O–H groups in total. The summed E-state index contributed by atoms with van der Waals surface area (Å²) in [5, 5.41) is 5.67. The topological polar surface area (TPSA) is 36.9 Å². The van der Waals surface area contributed by atoms with Gasteiger partial charge in [-0.1, -0.05) is 6.07 Å². The van der Waals surface area contributed by atoms with Crippen molar-refractivity contribution in [3.8, 4) is 0 Å². The van der Waals surface area contributed by atoms with Gasteiger partial charge in [-0.05, 0) is 30.7 Å². The molecule has 1 aromatic heterocycles. The normalized spacial score (nSPS) is 34.5. The van der Waals surface area contributed by atoms with Gasteiger partial charge in [0.2, 0.25) is 0 Å². The predicted molar refractivity (Wildman–Crippen MR) is 85.8 cm³/mol. The highest BCUT2D eigenvalue weighted by molar-refractivity contribution is 7.09. The molecule has 4 unspecified atom stereocenters. The van der Waals surface area contributed by atoms with E-state index < -0.39 is 0 Å². The van der Waals surface area contributed by atoms with Crippen molar-refractivity contribution in [3.05, 3.63) is 22.4 Å². The molecule has 0 amide bonds. The average molecular weight is 305 g/mol. The standard InChI is InChI=1S/C16H23N3OS/c1-17-16(18-7-6-11-3-2-8-21-11)19-9-12-13(10-19)15-5-4-14(12)20-15/h2-3,8,12-15H,4-7,9-10H2,1H3,(H,17,18). The molecule has 4 nitrogen and oxygen atoms in total. The summed E-state index contributed by atoms with van der Waals surface area (Å²) in [6.45, 7) is 3.19. The fourth-order valence-electron chi connectivity index (χ4n) is 4.22. The van der Waals surface area contributed by atoms with E-state index in [-0.39, 0.29) is 0 Å². The first kappa shape index (κ1) is 13.6. The Bertz CT molecular complexity index is 498. The molecule has 2 bridgehead atoms. The van der Waals surface area contributed by atoms with E-state index in [1.807, 2.05) is 18.4 Å². The Labute approximate surface area is 130 Å². The van der Waals surface area contributed by atoms with Gasteiger partial charge in [-0.2, -0.15) is 0 Å². The van der Waals surface area contributed by atoms with Crippen molar-refractivity contribution in [2.24, 2.45) is 16.8 Å². The Balaban J connectivity index is 1.32. The lowest BCUT2D eigenvalue weighted by Gasteiger charge is -2.23. The smallest absolute Gasteiger partial charge is 0.193 e. The molecule has 4 heterocycles. The highest BCUT2D eigenvalue weighted by atomic mass is 32.1. The van der Waals surface area contributed by atoms with Gasteiger partial charge in [0.15, 0.2) is 5.96 Å². The minimum Gasteiger partial charge on any atom is -0.374 e. The lowest BCUT2D eigenvalue weighted by atomic mass is 9.82. The molecule has 114 valence electrons. The molecule has 3 aliphatic rings. The summed E-state index contributed by atoms with van der Waals surface area (Å²) in [7, 11) is 1.90. The van der Waals surface area contributed by atoms with E-state index in [4.69, 9.17) is 4.74 Å². The van der Waals surface area contributed by atoms with Crippen LogP contribution in [-0.2, 0) is 11.2 Å². The Hall–Kier alpha value is -1.07. The van der Waals surface area contributed by atoms with Crippen LogP contribution in [0.3, 0.4) is 0 Å². The number of nitrogens with one attached hydrogen (secondary N) is 1. The Morgan fingerprint density at radius 1 is 1.38 bits per heavy atom. The molecule has 0 spiro atoms. The minimum atomic E-state index is 0.522. The van der Waals surface area contributed by atoms with Crippen molar-refractivity contribution < 1.29 is 4.74 Å². The van der Waals surface area contributed by atoms with Crippen LogP contribution in [0, 0.1) is 11.8 Å². The predicted octanol–water partition coefficient (Wildman–Crippen LogP) is 1.98. The fourth-order valence-corrected chi connectivity index (χ4v) is 4.93. The monoisotopic (exact) mass is 305 g/mol. The highest BCUT2D eigenvalue weighted by Crippen LogP contribution is 2.47. The number of aliphatic imine (C=N–C) groups is 1. The van der Waals surface area contributed by atoms with E-state index in [0.29, 0.717) is 12.2 Å². The molecule has 3 saturated heterocycles. The zero-order chi connectivity index (χ0) is 14.2. The number of thiophene rings is 1. The van der Waals surface area contributed by atoms with Crippen LogP contribution >= 0.6 is 11.3 Å². The van der Waals surface area contributed by atoms with Crippen molar-refractivity contribution >= 4 is 17.3 Å². The number of rotatable bonds is 3. The number of nitrogens with zero attached hydrogens (tertiary/aromatic N) is 2. The highest BCUT2D eigenvalue weighted by Gasteiger charge is 2.53. The summed E-state index contributed by atoms with van der Waals surface area (Å²) in [6, 6.07) is 4.32. The zero-order valence-electron chi connectivity index (χ0n) is 12.5. The molecular weight excluding hydrogens is 282 g/mol. The van der Waals surface area contributed by atoms with Gasteiger partial charge in [0, 0.05) is 43.4 Å². The van der Waals surface area contributed by atoms with E-state index in [0.717, 1.165) is 43.9 Å². The number of hydrogen-bond acceptors (Lipinski definition) is 3. The van der Waals surface area contributed by atoms with Crippen molar-refractivity contribution in [1.29, 1.82) is 0 Å². The molecule has 4 atom stereocenters. The largest absolute Gasteiger partial charge is 0.374 e. The number of fused-ring (bicyclic) bond motifs is 5. The molecule has 0 aromatic carbocycles. The Morgan fingerprint density at radius 3 is 2.76 bits per heavy atom. The lowest BCUT2D eigenvalue weighted by molar-refractivity contribution is 0.0767. The summed E-state index contributed by atoms with van der Waals surface area (Å²) >= 11 is 1.83. The van der Waals surface area contributed by atoms with Gasteiger partial charge in [-0.25, -0.2) is 0 Å². The third kappa shape index (κ3) is 2.46. The van der Waals surface area contributed by atoms with Crippen LogP contribution in [0.1, 0.15) is 17.7 Å². The SMILES string of the molecule is CN=C(NCCc1cccs1)N1CC2C3CCC(O3)C2C1. The second-order valence-electron chi connectivity index (χ2n) is 6.33. The summed E-state index contributed by atoms with van der Waals surface area (Å²) in [6.07, 6.45) is 4.66. The molecule has 0 saturated carbocycles. The van der Waals surface area contributed by atoms with Crippen LogP contribution in [0.15, 0.2) is 22.5 Å². The van der Waals surface area contributed by atoms with Gasteiger partial charge >= 0.3 is 0 Å². The Kier molecular flexibility index (Phi) is 3.63. The number of hydrogen-bond donors (Lipinski definition) is 1. The summed E-state index contributed by atoms with van der Waals surface area (Å²) < 4.78 is 6.05. The maximum Gasteiger partial charge on any atom is 0.193 e. The maximum atomic E-state index is 6.05. The molecule has 5 heteroatoms. The molecule has 0 aliphatic carbocycles. The fraction of sp³-hybridized carbons (Fsp3) is 0.688. The van der Waals surface area contributed by atoms with E-state index in [1.54, 1.807) is 0 Å². The quantitative estimate of drug-likeness (QED) is 0.685. The van der Waals surface area contributed by atoms with Gasteiger partial charge in [-0.15, -0.1) is 11.3 Å². The van der Waals surface area contributed by atoms with E-state index in [2.05, 4.69) is 32.7 Å². The van der Waals surface area contributed by atoms with E-state index >= 15 is 0 Å². The first-order valence-corrected chi connectivity index (χ1v) is 8.86. The van der Waals surface area contributed by atoms with Crippen LogP contribution in [0.2, 0.25) is 0 Å². The second-order valence-corrected chi connectivity index (χ2v) is 7.36. The van der Waals surface area contributed by atoms with Gasteiger partial charge in [0.1, 0.15) is 0 Å². The first-order chi connectivity index (χ1) is 10.3. The first-order valence-electron chi connectivity index (χ1n) is 7.98.